The summed E-state index contributed by atoms with van der Waals surface area (Å²) in [5.41, 5.74) is 2.14. The van der Waals surface area contributed by atoms with Gasteiger partial charge in [-0.15, -0.1) is 0 Å². The molecule has 0 aliphatic carbocycles. The molecule has 0 fully saturated rings. The van der Waals surface area contributed by atoms with E-state index in [1.54, 1.807) is 43.5 Å². The van der Waals surface area contributed by atoms with Crippen LogP contribution in [0.2, 0.25) is 0 Å². The summed E-state index contributed by atoms with van der Waals surface area (Å²) in [5, 5.41) is 2.83. The predicted octanol–water partition coefficient (Wildman–Crippen LogP) is 1.61. The molecule has 0 radical (unpaired) electrons. The standard InChI is InChI=1S/C19H24N2O5S/c1-20-27(23,24)13-16-7-5-4-6-15(16)12-21-19(22)10-14-8-9-17(25-2)11-18(14)26-3/h4-9,11,20H,10,12-13H2,1-3H3,(H,21,22). The Morgan fingerprint density at radius 2 is 1.70 bits per heavy atom. The first-order chi connectivity index (χ1) is 12.9. The number of sulfonamides is 1. The van der Waals surface area contributed by atoms with E-state index in [4.69, 9.17) is 9.47 Å². The first kappa shape index (κ1) is 20.7. The Hall–Kier alpha value is -2.58. The maximum absolute atomic E-state index is 12.3. The third kappa shape index (κ3) is 5.97. The number of ether oxygens (including phenoxy) is 2. The average molecular weight is 392 g/mol. The summed E-state index contributed by atoms with van der Waals surface area (Å²) >= 11 is 0. The summed E-state index contributed by atoms with van der Waals surface area (Å²) in [5.74, 6) is 0.896. The van der Waals surface area contributed by atoms with Crippen molar-refractivity contribution in [3.05, 3.63) is 59.2 Å². The number of carbonyl (C=O) groups is 1. The van der Waals surface area contributed by atoms with Crippen LogP contribution in [0.5, 0.6) is 11.5 Å². The molecule has 0 aliphatic heterocycles. The van der Waals surface area contributed by atoms with Gasteiger partial charge < -0.3 is 14.8 Å². The van der Waals surface area contributed by atoms with Gasteiger partial charge in [0.25, 0.3) is 0 Å². The molecule has 27 heavy (non-hydrogen) atoms. The lowest BCUT2D eigenvalue weighted by molar-refractivity contribution is -0.120. The second-order valence-electron chi connectivity index (χ2n) is 5.86. The lowest BCUT2D eigenvalue weighted by Crippen LogP contribution is -2.26. The van der Waals surface area contributed by atoms with Crippen LogP contribution >= 0.6 is 0 Å². The highest BCUT2D eigenvalue weighted by Gasteiger charge is 2.14. The van der Waals surface area contributed by atoms with E-state index in [1.165, 1.54) is 14.2 Å². The van der Waals surface area contributed by atoms with Crippen molar-refractivity contribution in [1.29, 1.82) is 0 Å². The van der Waals surface area contributed by atoms with Gasteiger partial charge in [-0.3, -0.25) is 4.79 Å². The van der Waals surface area contributed by atoms with Gasteiger partial charge in [0.2, 0.25) is 15.9 Å². The Morgan fingerprint density at radius 3 is 2.33 bits per heavy atom. The van der Waals surface area contributed by atoms with Gasteiger partial charge in [0.1, 0.15) is 11.5 Å². The number of methoxy groups -OCH3 is 2. The molecule has 2 aromatic carbocycles. The lowest BCUT2D eigenvalue weighted by atomic mass is 10.1. The monoisotopic (exact) mass is 392 g/mol. The van der Waals surface area contributed by atoms with Crippen LogP contribution in [0.3, 0.4) is 0 Å². The van der Waals surface area contributed by atoms with E-state index >= 15 is 0 Å². The average Bonchev–Trinajstić information content (AvgIpc) is 2.67. The zero-order chi connectivity index (χ0) is 19.9. The van der Waals surface area contributed by atoms with Gasteiger partial charge in [-0.25, -0.2) is 13.1 Å². The van der Waals surface area contributed by atoms with Gasteiger partial charge in [0.15, 0.2) is 0 Å². The van der Waals surface area contributed by atoms with Crippen LogP contribution in [0, 0.1) is 0 Å². The van der Waals surface area contributed by atoms with E-state index in [1.807, 2.05) is 6.07 Å². The molecule has 2 aromatic rings. The molecule has 2 rings (SSSR count). The lowest BCUT2D eigenvalue weighted by Gasteiger charge is -2.12. The third-order valence-corrected chi connectivity index (χ3v) is 5.41. The molecule has 2 N–H and O–H groups in total. The fraction of sp³-hybridized carbons (Fsp3) is 0.316. The second-order valence-corrected chi connectivity index (χ2v) is 7.79. The summed E-state index contributed by atoms with van der Waals surface area (Å²) < 4.78 is 36.4. The van der Waals surface area contributed by atoms with Crippen molar-refractivity contribution < 1.29 is 22.7 Å². The number of rotatable bonds is 9. The number of carbonyl (C=O) groups excluding carboxylic acids is 1. The maximum Gasteiger partial charge on any atom is 0.224 e. The van der Waals surface area contributed by atoms with Crippen molar-refractivity contribution >= 4 is 15.9 Å². The Morgan fingerprint density at radius 1 is 1.00 bits per heavy atom. The van der Waals surface area contributed by atoms with E-state index in [-0.39, 0.29) is 24.6 Å². The number of nitrogens with one attached hydrogen (secondary N) is 2. The van der Waals surface area contributed by atoms with E-state index in [0.717, 1.165) is 11.1 Å². The van der Waals surface area contributed by atoms with Crippen LogP contribution in [0.1, 0.15) is 16.7 Å². The molecule has 0 saturated heterocycles. The van der Waals surface area contributed by atoms with Gasteiger partial charge in [0.05, 0.1) is 26.4 Å². The Labute approximate surface area is 159 Å². The Bertz CT molecular complexity index is 897. The van der Waals surface area contributed by atoms with Crippen LogP contribution < -0.4 is 19.5 Å². The molecule has 0 atom stereocenters. The van der Waals surface area contributed by atoms with Crippen molar-refractivity contribution in [1.82, 2.24) is 10.0 Å². The SMILES string of the molecule is CNS(=O)(=O)Cc1ccccc1CNC(=O)Cc1ccc(OC)cc1OC. The van der Waals surface area contributed by atoms with Crippen molar-refractivity contribution in [2.45, 2.75) is 18.7 Å². The molecule has 0 spiro atoms. The van der Waals surface area contributed by atoms with Gasteiger partial charge >= 0.3 is 0 Å². The van der Waals surface area contributed by atoms with E-state index in [0.29, 0.717) is 17.1 Å². The van der Waals surface area contributed by atoms with Crippen molar-refractivity contribution in [2.75, 3.05) is 21.3 Å². The fourth-order valence-electron chi connectivity index (χ4n) is 2.57. The molecule has 0 aliphatic rings. The highest BCUT2D eigenvalue weighted by Crippen LogP contribution is 2.25. The van der Waals surface area contributed by atoms with Crippen LogP contribution in [0.4, 0.5) is 0 Å². The molecule has 7 nitrogen and oxygen atoms in total. The van der Waals surface area contributed by atoms with Gasteiger partial charge in [-0.05, 0) is 24.2 Å². The molecule has 1 amide bonds. The van der Waals surface area contributed by atoms with Crippen LogP contribution in [0.25, 0.3) is 0 Å². The molecule has 0 bridgehead atoms. The minimum Gasteiger partial charge on any atom is -0.497 e. The zero-order valence-electron chi connectivity index (χ0n) is 15.6. The molecular weight excluding hydrogens is 368 g/mol. The molecule has 0 aromatic heterocycles. The van der Waals surface area contributed by atoms with Crippen molar-refractivity contribution in [2.24, 2.45) is 0 Å². The summed E-state index contributed by atoms with van der Waals surface area (Å²) in [7, 11) is 1.09. The fourth-order valence-corrected chi connectivity index (χ4v) is 3.41. The molecule has 0 unspecified atom stereocenters. The van der Waals surface area contributed by atoms with Crippen LogP contribution in [-0.4, -0.2) is 35.6 Å². The largest absolute Gasteiger partial charge is 0.497 e. The second kappa shape index (κ2) is 9.38. The molecule has 0 heterocycles. The number of hydrogen-bond acceptors (Lipinski definition) is 5. The quantitative estimate of drug-likeness (QED) is 0.676. The highest BCUT2D eigenvalue weighted by atomic mass is 32.2. The van der Waals surface area contributed by atoms with E-state index in [9.17, 15) is 13.2 Å². The van der Waals surface area contributed by atoms with E-state index in [2.05, 4.69) is 10.0 Å². The van der Waals surface area contributed by atoms with Crippen LogP contribution in [0.15, 0.2) is 42.5 Å². The van der Waals surface area contributed by atoms with Gasteiger partial charge in [-0.2, -0.15) is 0 Å². The third-order valence-electron chi connectivity index (χ3n) is 4.10. The number of amides is 1. The maximum atomic E-state index is 12.3. The molecule has 0 saturated carbocycles. The minimum atomic E-state index is -3.39. The minimum absolute atomic E-state index is 0.137. The van der Waals surface area contributed by atoms with Crippen LogP contribution in [-0.2, 0) is 33.5 Å². The summed E-state index contributed by atoms with van der Waals surface area (Å²) in [6, 6.07) is 12.4. The molecule has 146 valence electrons. The molecule has 8 heteroatoms. The molecular formula is C19H24N2O5S. The summed E-state index contributed by atoms with van der Waals surface area (Å²) in [6.45, 7) is 0.243. The summed E-state index contributed by atoms with van der Waals surface area (Å²) in [6.07, 6.45) is 0.143. The van der Waals surface area contributed by atoms with Gasteiger partial charge in [-0.1, -0.05) is 30.3 Å². The zero-order valence-corrected chi connectivity index (χ0v) is 16.4. The first-order valence-electron chi connectivity index (χ1n) is 8.34. The predicted molar refractivity (Wildman–Crippen MR) is 103 cm³/mol. The smallest absolute Gasteiger partial charge is 0.224 e. The number of benzene rings is 2. The summed E-state index contributed by atoms with van der Waals surface area (Å²) in [4.78, 5) is 12.3. The topological polar surface area (TPSA) is 93.7 Å². The normalized spacial score (nSPS) is 11.1. The highest BCUT2D eigenvalue weighted by molar-refractivity contribution is 7.88. The number of hydrogen-bond donors (Lipinski definition) is 2. The van der Waals surface area contributed by atoms with E-state index < -0.39 is 10.0 Å². The van der Waals surface area contributed by atoms with Crippen molar-refractivity contribution in [3.63, 3.8) is 0 Å². The van der Waals surface area contributed by atoms with Gasteiger partial charge in [0, 0.05) is 18.2 Å². The van der Waals surface area contributed by atoms with Crippen molar-refractivity contribution in [3.8, 4) is 11.5 Å². The first-order valence-corrected chi connectivity index (χ1v) is 9.99. The Balaban J connectivity index is 2.04. The Kier molecular flexibility index (Phi) is 7.20.